The van der Waals surface area contributed by atoms with E-state index in [-0.39, 0.29) is 18.1 Å². The smallest absolute Gasteiger partial charge is 0.253 e. The molecule has 0 radical (unpaired) electrons. The normalized spacial score (nSPS) is 10.2. The van der Waals surface area contributed by atoms with Gasteiger partial charge in [-0.2, -0.15) is 0 Å². The second-order valence-corrected chi connectivity index (χ2v) is 5.93. The van der Waals surface area contributed by atoms with Gasteiger partial charge in [0.25, 0.3) is 5.91 Å². The van der Waals surface area contributed by atoms with E-state index < -0.39 is 5.91 Å². The van der Waals surface area contributed by atoms with Gasteiger partial charge in [0.2, 0.25) is 5.91 Å². The standard InChI is InChI=1S/C21H19ClN2O4/c1-4-11-28-19-12-14(5-9-18(19)27-3)6-10-20(25)24-17-8-7-15(22)13-16(17)21(26)23-2/h1,5-10,12-13H,11H2,2-3H3,(H,23,26)(H,24,25)/b10-6+. The summed E-state index contributed by atoms with van der Waals surface area (Å²) in [4.78, 5) is 24.2. The number of anilines is 1. The molecule has 0 aliphatic heterocycles. The Morgan fingerprint density at radius 2 is 2.00 bits per heavy atom. The fourth-order valence-electron chi connectivity index (χ4n) is 2.32. The van der Waals surface area contributed by atoms with E-state index in [0.29, 0.717) is 27.8 Å². The molecule has 2 amide bonds. The number of hydrogen-bond donors (Lipinski definition) is 2. The molecule has 0 unspecified atom stereocenters. The van der Waals surface area contributed by atoms with Crippen molar-refractivity contribution in [3.05, 3.63) is 58.6 Å². The first-order valence-corrected chi connectivity index (χ1v) is 8.61. The minimum atomic E-state index is -0.408. The molecule has 2 aromatic carbocycles. The largest absolute Gasteiger partial charge is 0.493 e. The van der Waals surface area contributed by atoms with Crippen molar-refractivity contribution in [2.24, 2.45) is 0 Å². The molecule has 0 saturated heterocycles. The summed E-state index contributed by atoms with van der Waals surface area (Å²) >= 11 is 5.93. The highest BCUT2D eigenvalue weighted by molar-refractivity contribution is 6.31. The highest BCUT2D eigenvalue weighted by Gasteiger charge is 2.12. The van der Waals surface area contributed by atoms with Crippen LogP contribution in [0.25, 0.3) is 6.08 Å². The Kier molecular flexibility index (Phi) is 7.49. The lowest BCUT2D eigenvalue weighted by Crippen LogP contribution is -2.20. The quantitative estimate of drug-likeness (QED) is 0.553. The molecule has 2 N–H and O–H groups in total. The van der Waals surface area contributed by atoms with Crippen LogP contribution < -0.4 is 20.1 Å². The minimum Gasteiger partial charge on any atom is -0.493 e. The number of carbonyl (C=O) groups excluding carboxylic acids is 2. The predicted octanol–water partition coefficient (Wildman–Crippen LogP) is 3.37. The molecule has 144 valence electrons. The molecular formula is C21H19ClN2O4. The SMILES string of the molecule is C#CCOc1cc(/C=C/C(=O)Nc2ccc(Cl)cc2C(=O)NC)ccc1OC. The first-order valence-electron chi connectivity index (χ1n) is 8.23. The van der Waals surface area contributed by atoms with Crippen molar-refractivity contribution < 1.29 is 19.1 Å². The summed E-state index contributed by atoms with van der Waals surface area (Å²) in [5.41, 5.74) is 1.34. The maximum atomic E-state index is 12.3. The van der Waals surface area contributed by atoms with E-state index in [2.05, 4.69) is 16.6 Å². The summed E-state index contributed by atoms with van der Waals surface area (Å²) in [5, 5.41) is 5.57. The third-order valence-corrected chi connectivity index (χ3v) is 3.87. The molecule has 0 saturated carbocycles. The third kappa shape index (κ3) is 5.53. The number of terminal acetylenes is 1. The van der Waals surface area contributed by atoms with Gasteiger partial charge in [-0.25, -0.2) is 0 Å². The zero-order valence-electron chi connectivity index (χ0n) is 15.4. The van der Waals surface area contributed by atoms with Crippen molar-refractivity contribution in [1.29, 1.82) is 0 Å². The third-order valence-electron chi connectivity index (χ3n) is 3.64. The molecule has 28 heavy (non-hydrogen) atoms. The first kappa shape index (κ1) is 20.9. The van der Waals surface area contributed by atoms with Gasteiger partial charge in [0.05, 0.1) is 18.4 Å². The van der Waals surface area contributed by atoms with Crippen molar-refractivity contribution in [3.8, 4) is 23.8 Å². The molecular weight excluding hydrogens is 380 g/mol. The van der Waals surface area contributed by atoms with E-state index in [9.17, 15) is 9.59 Å². The van der Waals surface area contributed by atoms with Crippen molar-refractivity contribution in [1.82, 2.24) is 5.32 Å². The van der Waals surface area contributed by atoms with Crippen LogP contribution in [0.15, 0.2) is 42.5 Å². The second kappa shape index (κ2) is 10.0. The molecule has 6 nitrogen and oxygen atoms in total. The Morgan fingerprint density at radius 3 is 2.68 bits per heavy atom. The average Bonchev–Trinajstić information content (AvgIpc) is 2.71. The summed E-state index contributed by atoms with van der Waals surface area (Å²) in [6.45, 7) is 0.100. The van der Waals surface area contributed by atoms with Gasteiger partial charge in [-0.15, -0.1) is 6.42 Å². The Bertz CT molecular complexity index is 948. The number of hydrogen-bond acceptors (Lipinski definition) is 4. The number of halogens is 1. The van der Waals surface area contributed by atoms with Gasteiger partial charge in [0.1, 0.15) is 6.61 Å². The van der Waals surface area contributed by atoms with E-state index in [1.54, 1.807) is 36.4 Å². The average molecular weight is 399 g/mol. The summed E-state index contributed by atoms with van der Waals surface area (Å²) < 4.78 is 10.6. The van der Waals surface area contributed by atoms with Crippen LogP contribution in [0.5, 0.6) is 11.5 Å². The molecule has 0 heterocycles. The van der Waals surface area contributed by atoms with Crippen LogP contribution in [-0.4, -0.2) is 32.6 Å². The van der Waals surface area contributed by atoms with Gasteiger partial charge in [-0.3, -0.25) is 9.59 Å². The predicted molar refractivity (Wildman–Crippen MR) is 110 cm³/mol. The lowest BCUT2D eigenvalue weighted by molar-refractivity contribution is -0.111. The lowest BCUT2D eigenvalue weighted by atomic mass is 10.1. The van der Waals surface area contributed by atoms with Crippen molar-refractivity contribution in [3.63, 3.8) is 0 Å². The van der Waals surface area contributed by atoms with Gasteiger partial charge in [-0.05, 0) is 42.0 Å². The molecule has 2 aromatic rings. The van der Waals surface area contributed by atoms with Crippen molar-refractivity contribution in [2.45, 2.75) is 0 Å². The molecule has 0 aromatic heterocycles. The minimum absolute atomic E-state index is 0.100. The van der Waals surface area contributed by atoms with E-state index in [4.69, 9.17) is 27.5 Å². The molecule has 0 aliphatic carbocycles. The second-order valence-electron chi connectivity index (χ2n) is 5.49. The Hall–Kier alpha value is -3.43. The van der Waals surface area contributed by atoms with E-state index in [0.717, 1.165) is 0 Å². The zero-order chi connectivity index (χ0) is 20.5. The summed E-state index contributed by atoms with van der Waals surface area (Å²) in [5.74, 6) is 2.63. The van der Waals surface area contributed by atoms with Crippen LogP contribution in [0.2, 0.25) is 5.02 Å². The summed E-state index contributed by atoms with van der Waals surface area (Å²) in [7, 11) is 3.02. The van der Waals surface area contributed by atoms with E-state index >= 15 is 0 Å². The van der Waals surface area contributed by atoms with E-state index in [1.165, 1.54) is 26.3 Å². The maximum absolute atomic E-state index is 12.3. The van der Waals surface area contributed by atoms with Gasteiger partial charge in [0.15, 0.2) is 11.5 Å². The van der Waals surface area contributed by atoms with Crippen molar-refractivity contribution >= 4 is 35.2 Å². The molecule has 0 bridgehead atoms. The Morgan fingerprint density at radius 1 is 1.21 bits per heavy atom. The zero-order valence-corrected chi connectivity index (χ0v) is 16.2. The summed E-state index contributed by atoms with van der Waals surface area (Å²) in [6.07, 6.45) is 8.16. The number of methoxy groups -OCH3 is 1. The Balaban J connectivity index is 2.17. The molecule has 2 rings (SSSR count). The van der Waals surface area contributed by atoms with Crippen LogP contribution in [0.4, 0.5) is 5.69 Å². The maximum Gasteiger partial charge on any atom is 0.253 e. The number of nitrogens with one attached hydrogen (secondary N) is 2. The highest BCUT2D eigenvalue weighted by atomic mass is 35.5. The summed E-state index contributed by atoms with van der Waals surface area (Å²) in [6, 6.07) is 9.83. The topological polar surface area (TPSA) is 76.7 Å². The number of ether oxygens (including phenoxy) is 2. The molecule has 0 aliphatic rings. The van der Waals surface area contributed by atoms with Gasteiger partial charge in [-0.1, -0.05) is 23.6 Å². The van der Waals surface area contributed by atoms with Crippen LogP contribution in [0.1, 0.15) is 15.9 Å². The van der Waals surface area contributed by atoms with Crippen LogP contribution >= 0.6 is 11.6 Å². The van der Waals surface area contributed by atoms with Gasteiger partial charge < -0.3 is 20.1 Å². The molecule has 0 atom stereocenters. The van der Waals surface area contributed by atoms with Crippen LogP contribution in [0.3, 0.4) is 0 Å². The fourth-order valence-corrected chi connectivity index (χ4v) is 2.50. The van der Waals surface area contributed by atoms with Crippen molar-refractivity contribution in [2.75, 3.05) is 26.1 Å². The van der Waals surface area contributed by atoms with Crippen LogP contribution in [-0.2, 0) is 4.79 Å². The monoisotopic (exact) mass is 398 g/mol. The van der Waals surface area contributed by atoms with Crippen LogP contribution in [0, 0.1) is 12.3 Å². The van der Waals surface area contributed by atoms with Gasteiger partial charge >= 0.3 is 0 Å². The Labute approximate surface area is 168 Å². The molecule has 7 heteroatoms. The number of benzene rings is 2. The number of rotatable bonds is 7. The number of carbonyl (C=O) groups is 2. The molecule has 0 fully saturated rings. The first-order chi connectivity index (χ1) is 13.5. The lowest BCUT2D eigenvalue weighted by Gasteiger charge is -2.10. The van der Waals surface area contributed by atoms with E-state index in [1.807, 2.05) is 0 Å². The van der Waals surface area contributed by atoms with Gasteiger partial charge in [0, 0.05) is 18.1 Å². The highest BCUT2D eigenvalue weighted by Crippen LogP contribution is 2.28. The molecule has 0 spiro atoms. The number of amides is 2. The fraction of sp³-hybridized carbons (Fsp3) is 0.143.